The molecule has 18 heavy (non-hydrogen) atoms. The summed E-state index contributed by atoms with van der Waals surface area (Å²) in [5, 5.41) is 6.21. The standard InChI is InChI=1S/C14H28N2O2/c1-3-14(7-4-5-8-14)12-15-11-13(17)16-9-6-10-18-2/h15H,3-12H2,1-2H3,(H,16,17). The monoisotopic (exact) mass is 256 g/mol. The molecule has 4 heteroatoms. The quantitative estimate of drug-likeness (QED) is 0.617. The molecule has 0 aliphatic heterocycles. The van der Waals surface area contributed by atoms with Gasteiger partial charge in [0.2, 0.25) is 5.91 Å². The van der Waals surface area contributed by atoms with E-state index in [1.54, 1.807) is 7.11 Å². The molecule has 1 aliphatic rings. The molecule has 0 spiro atoms. The number of hydrogen-bond acceptors (Lipinski definition) is 3. The Labute approximate surface area is 111 Å². The molecule has 0 aromatic rings. The molecule has 0 aromatic heterocycles. The number of nitrogens with one attached hydrogen (secondary N) is 2. The minimum absolute atomic E-state index is 0.0929. The van der Waals surface area contributed by atoms with Crippen LogP contribution in [0.15, 0.2) is 0 Å². The minimum Gasteiger partial charge on any atom is -0.385 e. The van der Waals surface area contributed by atoms with Gasteiger partial charge in [-0.15, -0.1) is 0 Å². The van der Waals surface area contributed by atoms with Crippen molar-refractivity contribution in [3.8, 4) is 0 Å². The molecule has 1 saturated carbocycles. The fraction of sp³-hybridized carbons (Fsp3) is 0.929. The second-order valence-electron chi connectivity index (χ2n) is 5.36. The highest BCUT2D eigenvalue weighted by Crippen LogP contribution is 2.40. The van der Waals surface area contributed by atoms with Gasteiger partial charge in [0.15, 0.2) is 0 Å². The van der Waals surface area contributed by atoms with E-state index in [0.29, 0.717) is 25.1 Å². The van der Waals surface area contributed by atoms with Crippen LogP contribution in [0.5, 0.6) is 0 Å². The molecule has 1 aliphatic carbocycles. The molecule has 106 valence electrons. The smallest absolute Gasteiger partial charge is 0.233 e. The van der Waals surface area contributed by atoms with E-state index in [1.807, 2.05) is 0 Å². The number of carbonyl (C=O) groups excluding carboxylic acids is 1. The lowest BCUT2D eigenvalue weighted by atomic mass is 9.83. The van der Waals surface area contributed by atoms with Crippen LogP contribution in [-0.2, 0) is 9.53 Å². The molecule has 0 bridgehead atoms. The van der Waals surface area contributed by atoms with Gasteiger partial charge in [0.1, 0.15) is 0 Å². The first-order valence-electron chi connectivity index (χ1n) is 7.19. The third-order valence-electron chi connectivity index (χ3n) is 4.05. The van der Waals surface area contributed by atoms with E-state index in [1.165, 1.54) is 32.1 Å². The van der Waals surface area contributed by atoms with Gasteiger partial charge in [-0.05, 0) is 31.1 Å². The Morgan fingerprint density at radius 1 is 1.33 bits per heavy atom. The maximum absolute atomic E-state index is 11.6. The van der Waals surface area contributed by atoms with E-state index in [0.717, 1.165) is 13.0 Å². The molecular weight excluding hydrogens is 228 g/mol. The fourth-order valence-electron chi connectivity index (χ4n) is 2.73. The Kier molecular flexibility index (Phi) is 7.28. The fourth-order valence-corrected chi connectivity index (χ4v) is 2.73. The number of hydrogen-bond donors (Lipinski definition) is 2. The lowest BCUT2D eigenvalue weighted by molar-refractivity contribution is -0.120. The third kappa shape index (κ3) is 5.36. The van der Waals surface area contributed by atoms with Gasteiger partial charge in [-0.2, -0.15) is 0 Å². The summed E-state index contributed by atoms with van der Waals surface area (Å²) in [5.74, 6) is 0.0929. The molecule has 4 nitrogen and oxygen atoms in total. The Balaban J connectivity index is 2.07. The van der Waals surface area contributed by atoms with Crippen LogP contribution in [0.1, 0.15) is 45.4 Å². The molecule has 0 saturated heterocycles. The third-order valence-corrected chi connectivity index (χ3v) is 4.05. The Hall–Kier alpha value is -0.610. The molecule has 0 aromatic carbocycles. The number of methoxy groups -OCH3 is 1. The molecule has 1 amide bonds. The van der Waals surface area contributed by atoms with Gasteiger partial charge in [0.05, 0.1) is 6.54 Å². The van der Waals surface area contributed by atoms with Crippen LogP contribution in [0.25, 0.3) is 0 Å². The zero-order valence-corrected chi connectivity index (χ0v) is 11.9. The van der Waals surface area contributed by atoms with E-state index < -0.39 is 0 Å². The van der Waals surface area contributed by atoms with Crippen molar-refractivity contribution in [1.82, 2.24) is 10.6 Å². The number of carbonyl (C=O) groups is 1. The highest BCUT2D eigenvalue weighted by Gasteiger charge is 2.31. The summed E-state index contributed by atoms with van der Waals surface area (Å²) in [6, 6.07) is 0. The average molecular weight is 256 g/mol. The zero-order chi connectivity index (χ0) is 13.3. The summed E-state index contributed by atoms with van der Waals surface area (Å²) in [5.41, 5.74) is 0.455. The van der Waals surface area contributed by atoms with Crippen LogP contribution in [0.2, 0.25) is 0 Å². The normalized spacial score (nSPS) is 17.9. The van der Waals surface area contributed by atoms with Gasteiger partial charge in [-0.1, -0.05) is 19.8 Å². The summed E-state index contributed by atoms with van der Waals surface area (Å²) in [6.45, 7) is 5.08. The van der Waals surface area contributed by atoms with Crippen LogP contribution >= 0.6 is 0 Å². The van der Waals surface area contributed by atoms with Crippen molar-refractivity contribution in [3.05, 3.63) is 0 Å². The van der Waals surface area contributed by atoms with Crippen molar-refractivity contribution in [3.63, 3.8) is 0 Å². The van der Waals surface area contributed by atoms with Gasteiger partial charge in [-0.25, -0.2) is 0 Å². The van der Waals surface area contributed by atoms with Crippen molar-refractivity contribution < 1.29 is 9.53 Å². The summed E-state index contributed by atoms with van der Waals surface area (Å²) in [7, 11) is 1.68. The molecule has 0 atom stereocenters. The summed E-state index contributed by atoms with van der Waals surface area (Å²) in [6.07, 6.45) is 7.41. The van der Waals surface area contributed by atoms with Crippen molar-refractivity contribution in [1.29, 1.82) is 0 Å². The van der Waals surface area contributed by atoms with Crippen LogP contribution in [0.3, 0.4) is 0 Å². The predicted octanol–water partition coefficient (Wildman–Crippen LogP) is 1.70. The highest BCUT2D eigenvalue weighted by atomic mass is 16.5. The topological polar surface area (TPSA) is 50.4 Å². The van der Waals surface area contributed by atoms with Crippen molar-refractivity contribution >= 4 is 5.91 Å². The minimum atomic E-state index is 0.0929. The first kappa shape index (κ1) is 15.4. The molecular formula is C14H28N2O2. The van der Waals surface area contributed by atoms with Crippen molar-refractivity contribution in [2.24, 2.45) is 5.41 Å². The Morgan fingerprint density at radius 3 is 2.67 bits per heavy atom. The zero-order valence-electron chi connectivity index (χ0n) is 11.9. The molecule has 0 unspecified atom stereocenters. The SMILES string of the molecule is CCC1(CNCC(=O)NCCCOC)CCCC1. The lowest BCUT2D eigenvalue weighted by Gasteiger charge is -2.27. The second kappa shape index (κ2) is 8.48. The molecule has 1 fully saturated rings. The molecule has 0 heterocycles. The Morgan fingerprint density at radius 2 is 2.06 bits per heavy atom. The number of rotatable bonds is 9. The maximum Gasteiger partial charge on any atom is 0.233 e. The average Bonchev–Trinajstić information content (AvgIpc) is 2.84. The first-order chi connectivity index (χ1) is 8.72. The Bertz CT molecular complexity index is 238. The van der Waals surface area contributed by atoms with Crippen LogP contribution < -0.4 is 10.6 Å². The largest absolute Gasteiger partial charge is 0.385 e. The predicted molar refractivity (Wildman–Crippen MR) is 73.6 cm³/mol. The lowest BCUT2D eigenvalue weighted by Crippen LogP contribution is -2.39. The number of ether oxygens (including phenoxy) is 1. The summed E-state index contributed by atoms with van der Waals surface area (Å²) >= 11 is 0. The van der Waals surface area contributed by atoms with E-state index in [-0.39, 0.29) is 5.91 Å². The van der Waals surface area contributed by atoms with Gasteiger partial charge in [0.25, 0.3) is 0 Å². The van der Waals surface area contributed by atoms with Crippen LogP contribution in [0.4, 0.5) is 0 Å². The molecule has 2 N–H and O–H groups in total. The highest BCUT2D eigenvalue weighted by molar-refractivity contribution is 5.77. The summed E-state index contributed by atoms with van der Waals surface area (Å²) < 4.78 is 4.93. The molecule has 0 radical (unpaired) electrons. The van der Waals surface area contributed by atoms with Crippen molar-refractivity contribution in [2.75, 3.05) is 33.4 Å². The van der Waals surface area contributed by atoms with Crippen LogP contribution in [0, 0.1) is 5.41 Å². The van der Waals surface area contributed by atoms with E-state index in [9.17, 15) is 4.79 Å². The summed E-state index contributed by atoms with van der Waals surface area (Å²) in [4.78, 5) is 11.6. The maximum atomic E-state index is 11.6. The van der Waals surface area contributed by atoms with E-state index in [4.69, 9.17) is 4.74 Å². The van der Waals surface area contributed by atoms with E-state index in [2.05, 4.69) is 17.6 Å². The second-order valence-corrected chi connectivity index (χ2v) is 5.36. The van der Waals surface area contributed by atoms with E-state index >= 15 is 0 Å². The number of amides is 1. The van der Waals surface area contributed by atoms with Crippen LogP contribution in [-0.4, -0.2) is 39.3 Å². The van der Waals surface area contributed by atoms with Gasteiger partial charge >= 0.3 is 0 Å². The van der Waals surface area contributed by atoms with Crippen molar-refractivity contribution in [2.45, 2.75) is 45.4 Å². The van der Waals surface area contributed by atoms with Gasteiger partial charge in [-0.3, -0.25) is 4.79 Å². The first-order valence-corrected chi connectivity index (χ1v) is 7.19. The van der Waals surface area contributed by atoms with Gasteiger partial charge < -0.3 is 15.4 Å². The molecule has 1 rings (SSSR count). The van der Waals surface area contributed by atoms with Gasteiger partial charge in [0, 0.05) is 26.8 Å².